The highest BCUT2D eigenvalue weighted by atomic mass is 32.2. The summed E-state index contributed by atoms with van der Waals surface area (Å²) in [6, 6.07) is 3.99. The van der Waals surface area contributed by atoms with E-state index in [1.165, 1.54) is 32.1 Å². The molecule has 2 heterocycles. The number of pyridine rings is 1. The van der Waals surface area contributed by atoms with Crippen LogP contribution in [0.25, 0.3) is 0 Å². The van der Waals surface area contributed by atoms with Crippen LogP contribution in [0.4, 0.5) is 4.79 Å². The molecular formula is C17H25N3OS. The lowest BCUT2D eigenvalue weighted by molar-refractivity contribution is 0.182. The molecule has 120 valence electrons. The number of urea groups is 1. The summed E-state index contributed by atoms with van der Waals surface area (Å²) >= 11 is 2.09. The number of aromatic nitrogens is 1. The molecule has 1 aromatic heterocycles. The van der Waals surface area contributed by atoms with Gasteiger partial charge in [0.25, 0.3) is 0 Å². The molecule has 22 heavy (non-hydrogen) atoms. The number of thioether (sulfide) groups is 1. The SMILES string of the molecule is CC(NC(=O)N1CCSC2(CCCCC2)C1)c1cccnc1. The minimum absolute atomic E-state index is 0.00177. The summed E-state index contributed by atoms with van der Waals surface area (Å²) in [7, 11) is 0. The second kappa shape index (κ2) is 6.90. The van der Waals surface area contributed by atoms with Crippen LogP contribution in [0.1, 0.15) is 50.6 Å². The molecular weight excluding hydrogens is 294 g/mol. The molecule has 1 spiro atoms. The van der Waals surface area contributed by atoms with Gasteiger partial charge in [-0.15, -0.1) is 0 Å². The molecule has 2 fully saturated rings. The number of amides is 2. The lowest BCUT2D eigenvalue weighted by atomic mass is 9.87. The van der Waals surface area contributed by atoms with Crippen molar-refractivity contribution < 1.29 is 4.79 Å². The van der Waals surface area contributed by atoms with Crippen LogP contribution in [0.15, 0.2) is 24.5 Å². The molecule has 1 atom stereocenters. The fourth-order valence-corrected chi connectivity index (χ4v) is 5.08. The molecule has 0 bridgehead atoms. The van der Waals surface area contributed by atoms with Gasteiger partial charge in [-0.25, -0.2) is 4.79 Å². The quantitative estimate of drug-likeness (QED) is 0.906. The molecule has 1 aliphatic heterocycles. The first-order valence-electron chi connectivity index (χ1n) is 8.28. The molecule has 4 nitrogen and oxygen atoms in total. The predicted octanol–water partition coefficient (Wildman–Crippen LogP) is 3.60. The van der Waals surface area contributed by atoms with Crippen molar-refractivity contribution in [3.8, 4) is 0 Å². The second-order valence-corrected chi connectivity index (χ2v) is 8.03. The third-order valence-corrected chi connectivity index (χ3v) is 6.36. The summed E-state index contributed by atoms with van der Waals surface area (Å²) in [5, 5.41) is 3.13. The molecule has 1 unspecified atom stereocenters. The van der Waals surface area contributed by atoms with Gasteiger partial charge in [0, 0.05) is 36.0 Å². The molecule has 2 amide bonds. The fraction of sp³-hybridized carbons (Fsp3) is 0.647. The van der Waals surface area contributed by atoms with Crippen molar-refractivity contribution in [2.24, 2.45) is 0 Å². The summed E-state index contributed by atoms with van der Waals surface area (Å²) in [6.45, 7) is 3.78. The van der Waals surface area contributed by atoms with Crippen LogP contribution in [0, 0.1) is 0 Å². The van der Waals surface area contributed by atoms with E-state index < -0.39 is 0 Å². The highest BCUT2D eigenvalue weighted by Crippen LogP contribution is 2.42. The van der Waals surface area contributed by atoms with Crippen molar-refractivity contribution in [3.63, 3.8) is 0 Å². The Morgan fingerprint density at radius 3 is 2.95 bits per heavy atom. The topological polar surface area (TPSA) is 45.2 Å². The first-order chi connectivity index (χ1) is 10.7. The van der Waals surface area contributed by atoms with Gasteiger partial charge in [0.15, 0.2) is 0 Å². The first-order valence-corrected chi connectivity index (χ1v) is 9.26. The number of hydrogen-bond acceptors (Lipinski definition) is 3. The number of nitrogens with one attached hydrogen (secondary N) is 1. The van der Waals surface area contributed by atoms with Gasteiger partial charge in [-0.05, 0) is 31.4 Å². The van der Waals surface area contributed by atoms with Crippen LogP contribution in [0.2, 0.25) is 0 Å². The Hall–Kier alpha value is -1.23. The van der Waals surface area contributed by atoms with E-state index in [2.05, 4.69) is 22.1 Å². The van der Waals surface area contributed by atoms with Crippen LogP contribution < -0.4 is 5.32 Å². The van der Waals surface area contributed by atoms with E-state index in [9.17, 15) is 4.79 Å². The first kappa shape index (κ1) is 15.7. The van der Waals surface area contributed by atoms with Gasteiger partial charge in [0.2, 0.25) is 0 Å². The Kier molecular flexibility index (Phi) is 4.91. The standard InChI is InChI=1S/C17H25N3OS/c1-14(15-6-5-9-18-12-15)19-16(21)20-10-11-22-17(13-20)7-3-2-4-8-17/h5-6,9,12,14H,2-4,7-8,10-11,13H2,1H3,(H,19,21). The van der Waals surface area contributed by atoms with Crippen molar-refractivity contribution in [1.29, 1.82) is 0 Å². The van der Waals surface area contributed by atoms with Gasteiger partial charge in [0.1, 0.15) is 0 Å². The smallest absolute Gasteiger partial charge is 0.317 e. The molecule has 1 saturated carbocycles. The zero-order chi connectivity index (χ0) is 15.4. The monoisotopic (exact) mass is 319 g/mol. The Balaban J connectivity index is 1.60. The van der Waals surface area contributed by atoms with E-state index in [1.807, 2.05) is 30.2 Å². The Morgan fingerprint density at radius 1 is 1.41 bits per heavy atom. The van der Waals surface area contributed by atoms with Crippen molar-refractivity contribution in [1.82, 2.24) is 15.2 Å². The lowest BCUT2D eigenvalue weighted by Gasteiger charge is -2.44. The van der Waals surface area contributed by atoms with Gasteiger partial charge >= 0.3 is 6.03 Å². The lowest BCUT2D eigenvalue weighted by Crippen LogP contribution is -2.53. The van der Waals surface area contributed by atoms with Crippen LogP contribution in [-0.2, 0) is 0 Å². The summed E-state index contributed by atoms with van der Waals surface area (Å²) < 4.78 is 0.325. The van der Waals surface area contributed by atoms with E-state index >= 15 is 0 Å². The number of carbonyl (C=O) groups is 1. The zero-order valence-corrected chi connectivity index (χ0v) is 14.1. The van der Waals surface area contributed by atoms with Crippen LogP contribution >= 0.6 is 11.8 Å². The Bertz CT molecular complexity index is 496. The maximum Gasteiger partial charge on any atom is 0.317 e. The molecule has 1 aromatic rings. The normalized spacial score (nSPS) is 22.3. The predicted molar refractivity (Wildman–Crippen MR) is 91.0 cm³/mol. The van der Waals surface area contributed by atoms with Crippen molar-refractivity contribution in [3.05, 3.63) is 30.1 Å². The summed E-state index contributed by atoms with van der Waals surface area (Å²) in [5.41, 5.74) is 1.05. The van der Waals surface area contributed by atoms with Gasteiger partial charge in [-0.3, -0.25) is 4.98 Å². The molecule has 5 heteroatoms. The third-order valence-electron chi connectivity index (χ3n) is 4.82. The molecule has 1 N–H and O–H groups in total. The zero-order valence-electron chi connectivity index (χ0n) is 13.3. The average molecular weight is 319 g/mol. The Labute approximate surface area is 137 Å². The summed E-state index contributed by atoms with van der Waals surface area (Å²) in [5.74, 6) is 1.06. The molecule has 0 aromatic carbocycles. The Morgan fingerprint density at radius 2 is 2.23 bits per heavy atom. The van der Waals surface area contributed by atoms with Gasteiger partial charge < -0.3 is 10.2 Å². The number of nitrogens with zero attached hydrogens (tertiary/aromatic N) is 2. The van der Waals surface area contributed by atoms with Gasteiger partial charge in [-0.1, -0.05) is 25.3 Å². The van der Waals surface area contributed by atoms with E-state index in [1.54, 1.807) is 6.20 Å². The molecule has 0 radical (unpaired) electrons. The molecule has 1 aliphatic carbocycles. The highest BCUT2D eigenvalue weighted by molar-refractivity contribution is 8.00. The van der Waals surface area contributed by atoms with Crippen LogP contribution in [0.5, 0.6) is 0 Å². The maximum atomic E-state index is 12.6. The molecule has 3 rings (SSSR count). The van der Waals surface area contributed by atoms with Crippen LogP contribution in [-0.4, -0.2) is 39.5 Å². The second-order valence-electron chi connectivity index (χ2n) is 6.47. The largest absolute Gasteiger partial charge is 0.331 e. The fourth-order valence-electron chi connectivity index (χ4n) is 3.51. The maximum absolute atomic E-state index is 12.6. The number of hydrogen-bond donors (Lipinski definition) is 1. The molecule has 2 aliphatic rings. The molecule has 1 saturated heterocycles. The number of carbonyl (C=O) groups excluding carboxylic acids is 1. The average Bonchev–Trinajstić information content (AvgIpc) is 2.56. The van der Waals surface area contributed by atoms with E-state index in [0.29, 0.717) is 4.75 Å². The van der Waals surface area contributed by atoms with Crippen LogP contribution in [0.3, 0.4) is 0 Å². The van der Waals surface area contributed by atoms with Crippen molar-refractivity contribution >= 4 is 17.8 Å². The van der Waals surface area contributed by atoms with Crippen molar-refractivity contribution in [2.45, 2.75) is 49.8 Å². The van der Waals surface area contributed by atoms with Gasteiger partial charge in [-0.2, -0.15) is 11.8 Å². The number of rotatable bonds is 2. The summed E-state index contributed by atoms with van der Waals surface area (Å²) in [6.07, 6.45) is 10.1. The van der Waals surface area contributed by atoms with Gasteiger partial charge in [0.05, 0.1) is 6.04 Å². The summed E-state index contributed by atoms with van der Waals surface area (Å²) in [4.78, 5) is 18.7. The van der Waals surface area contributed by atoms with E-state index in [-0.39, 0.29) is 12.1 Å². The third kappa shape index (κ3) is 3.57. The van der Waals surface area contributed by atoms with E-state index in [0.717, 1.165) is 24.4 Å². The highest BCUT2D eigenvalue weighted by Gasteiger charge is 2.38. The minimum atomic E-state index is -0.00177. The van der Waals surface area contributed by atoms with Crippen molar-refractivity contribution in [2.75, 3.05) is 18.8 Å². The van der Waals surface area contributed by atoms with E-state index in [4.69, 9.17) is 0 Å². The minimum Gasteiger partial charge on any atom is -0.331 e.